The molecule has 1 heterocycles. The van der Waals surface area contributed by atoms with E-state index in [2.05, 4.69) is 43.5 Å². The quantitative estimate of drug-likeness (QED) is 0.0261. The highest BCUT2D eigenvalue weighted by Crippen LogP contribution is 2.23. The fourth-order valence-electron chi connectivity index (χ4n) is 10.5. The van der Waals surface area contributed by atoms with E-state index in [-0.39, 0.29) is 12.5 Å². The standard InChI is InChI=1S/C66H125NO8/c1-3-5-7-9-11-13-15-17-19-21-23-25-27-28-29-30-31-32-34-36-38-40-42-44-46-48-50-52-54-56-62(70)67-59(58-74-66-65(73)64(72)63(71)61(57-68)75-66)60(69)55-53-51-49-47-45-43-41-39-37-35-33-26-24-22-20-18-16-14-12-10-8-6-4-2/h15,17,21,23,53,55,59-61,63-66,68-69,71-73H,3-14,16,18-20,22,24-52,54,56-58H2,1-2H3,(H,67,70)/b17-15-,23-21-,55-53+. The van der Waals surface area contributed by atoms with Crippen molar-refractivity contribution in [3.63, 3.8) is 0 Å². The molecule has 0 aromatic heterocycles. The van der Waals surface area contributed by atoms with Gasteiger partial charge in [-0.15, -0.1) is 0 Å². The van der Waals surface area contributed by atoms with Crippen molar-refractivity contribution in [2.75, 3.05) is 13.2 Å². The van der Waals surface area contributed by atoms with Crippen molar-refractivity contribution in [2.45, 2.75) is 365 Å². The molecule has 0 radical (unpaired) electrons. The van der Waals surface area contributed by atoms with Crippen LogP contribution in [0.5, 0.6) is 0 Å². The van der Waals surface area contributed by atoms with Crippen LogP contribution in [0.15, 0.2) is 36.5 Å². The van der Waals surface area contributed by atoms with Crippen molar-refractivity contribution in [2.24, 2.45) is 0 Å². The van der Waals surface area contributed by atoms with Gasteiger partial charge in [-0.3, -0.25) is 4.79 Å². The maximum atomic E-state index is 13.1. The summed E-state index contributed by atoms with van der Waals surface area (Å²) >= 11 is 0. The highest BCUT2D eigenvalue weighted by Gasteiger charge is 2.44. The topological polar surface area (TPSA) is 149 Å². The molecule has 7 unspecified atom stereocenters. The molecule has 0 bridgehead atoms. The first-order valence-electron chi connectivity index (χ1n) is 32.7. The van der Waals surface area contributed by atoms with E-state index in [1.165, 1.54) is 257 Å². The van der Waals surface area contributed by atoms with Gasteiger partial charge >= 0.3 is 0 Å². The highest BCUT2D eigenvalue weighted by atomic mass is 16.7. The number of ether oxygens (including phenoxy) is 2. The summed E-state index contributed by atoms with van der Waals surface area (Å²) in [6.07, 6.45) is 66.6. The van der Waals surface area contributed by atoms with Gasteiger partial charge in [0.05, 0.1) is 25.4 Å². The van der Waals surface area contributed by atoms with Gasteiger partial charge in [0.15, 0.2) is 6.29 Å². The molecule has 0 spiro atoms. The lowest BCUT2D eigenvalue weighted by molar-refractivity contribution is -0.302. The second-order valence-corrected chi connectivity index (χ2v) is 22.9. The monoisotopic (exact) mass is 1060 g/mol. The van der Waals surface area contributed by atoms with Gasteiger partial charge in [0.2, 0.25) is 5.91 Å². The predicted molar refractivity (Wildman–Crippen MR) is 318 cm³/mol. The summed E-state index contributed by atoms with van der Waals surface area (Å²) < 4.78 is 11.3. The minimum Gasteiger partial charge on any atom is -0.394 e. The number of hydrogen-bond donors (Lipinski definition) is 6. The number of amides is 1. The average Bonchev–Trinajstić information content (AvgIpc) is 3.41. The maximum Gasteiger partial charge on any atom is 0.220 e. The van der Waals surface area contributed by atoms with Crippen LogP contribution < -0.4 is 5.32 Å². The minimum atomic E-state index is -1.57. The van der Waals surface area contributed by atoms with Gasteiger partial charge in [0.25, 0.3) is 0 Å². The van der Waals surface area contributed by atoms with Crippen molar-refractivity contribution in [1.82, 2.24) is 5.32 Å². The normalized spacial score (nSPS) is 19.1. The van der Waals surface area contributed by atoms with Crippen molar-refractivity contribution in [3.05, 3.63) is 36.5 Å². The van der Waals surface area contributed by atoms with Gasteiger partial charge in [-0.05, 0) is 51.4 Å². The Hall–Kier alpha value is -1.59. The molecule has 7 atom stereocenters. The lowest BCUT2D eigenvalue weighted by Gasteiger charge is -2.40. The summed E-state index contributed by atoms with van der Waals surface area (Å²) in [7, 11) is 0. The third-order valence-electron chi connectivity index (χ3n) is 15.7. The summed E-state index contributed by atoms with van der Waals surface area (Å²) in [4.78, 5) is 13.1. The molecule has 1 rings (SSSR count). The van der Waals surface area contributed by atoms with Gasteiger partial charge in [0, 0.05) is 6.42 Å². The van der Waals surface area contributed by atoms with E-state index in [1.54, 1.807) is 6.08 Å². The summed E-state index contributed by atoms with van der Waals surface area (Å²) in [5, 5.41) is 54.7. The molecule has 1 amide bonds. The zero-order valence-electron chi connectivity index (χ0n) is 49.3. The van der Waals surface area contributed by atoms with E-state index in [0.29, 0.717) is 6.42 Å². The molecule has 1 fully saturated rings. The van der Waals surface area contributed by atoms with Gasteiger partial charge in [0.1, 0.15) is 24.4 Å². The van der Waals surface area contributed by atoms with E-state index in [4.69, 9.17) is 9.47 Å². The fourth-order valence-corrected chi connectivity index (χ4v) is 10.5. The molecule has 1 aliphatic rings. The van der Waals surface area contributed by atoms with Crippen LogP contribution in [0.4, 0.5) is 0 Å². The smallest absolute Gasteiger partial charge is 0.220 e. The minimum absolute atomic E-state index is 0.171. The van der Waals surface area contributed by atoms with E-state index >= 15 is 0 Å². The van der Waals surface area contributed by atoms with E-state index in [0.717, 1.165) is 44.9 Å². The number of hydrogen-bond acceptors (Lipinski definition) is 8. The van der Waals surface area contributed by atoms with Gasteiger partial charge in [-0.1, -0.05) is 301 Å². The molecule has 442 valence electrons. The first kappa shape index (κ1) is 71.4. The predicted octanol–water partition coefficient (Wildman–Crippen LogP) is 17.1. The Morgan fingerprint density at radius 2 is 0.787 bits per heavy atom. The lowest BCUT2D eigenvalue weighted by atomic mass is 9.99. The van der Waals surface area contributed by atoms with E-state index < -0.39 is 49.5 Å². The number of allylic oxidation sites excluding steroid dienone is 5. The Balaban J connectivity index is 2.15. The zero-order valence-corrected chi connectivity index (χ0v) is 49.3. The van der Waals surface area contributed by atoms with Gasteiger partial charge in [-0.2, -0.15) is 0 Å². The molecule has 6 N–H and O–H groups in total. The largest absolute Gasteiger partial charge is 0.394 e. The molecular formula is C66H125NO8. The van der Waals surface area contributed by atoms with Crippen LogP contribution in [0.2, 0.25) is 0 Å². The van der Waals surface area contributed by atoms with Crippen LogP contribution in [0.1, 0.15) is 322 Å². The molecule has 1 saturated heterocycles. The van der Waals surface area contributed by atoms with Crippen LogP contribution in [-0.4, -0.2) is 87.5 Å². The Labute approximate surface area is 463 Å². The molecule has 1 aliphatic heterocycles. The van der Waals surface area contributed by atoms with Crippen LogP contribution >= 0.6 is 0 Å². The first-order valence-corrected chi connectivity index (χ1v) is 32.7. The third kappa shape index (κ3) is 44.9. The zero-order chi connectivity index (χ0) is 54.3. The van der Waals surface area contributed by atoms with Gasteiger partial charge in [-0.25, -0.2) is 0 Å². The number of nitrogens with one attached hydrogen (secondary N) is 1. The molecule has 0 aromatic carbocycles. The number of rotatable bonds is 57. The molecular weight excluding hydrogens is 935 g/mol. The van der Waals surface area contributed by atoms with Crippen molar-refractivity contribution in [1.29, 1.82) is 0 Å². The molecule has 75 heavy (non-hydrogen) atoms. The second kappa shape index (κ2) is 55.7. The second-order valence-electron chi connectivity index (χ2n) is 22.9. The molecule has 0 aliphatic carbocycles. The SMILES string of the molecule is CCCCCCC/C=C\C/C=C\CCCCCCCCCCCCCCCCCCCC(=O)NC(COC1OC(CO)C(O)C(O)C1O)C(O)/C=C/CCCCCCCCCCCCCCCCCCCCCCC. The molecule has 0 saturated carbocycles. The Morgan fingerprint density at radius 1 is 0.453 bits per heavy atom. The highest BCUT2D eigenvalue weighted by molar-refractivity contribution is 5.76. The number of carbonyl (C=O) groups is 1. The molecule has 9 heteroatoms. The summed E-state index contributed by atoms with van der Waals surface area (Å²) in [6, 6.07) is -0.805. The number of carbonyl (C=O) groups excluding carboxylic acids is 1. The van der Waals surface area contributed by atoms with Crippen LogP contribution in [-0.2, 0) is 14.3 Å². The van der Waals surface area contributed by atoms with E-state index in [9.17, 15) is 30.3 Å². The number of unbranched alkanes of at least 4 members (excludes halogenated alkanes) is 43. The van der Waals surface area contributed by atoms with Crippen LogP contribution in [0, 0.1) is 0 Å². The molecule has 0 aromatic rings. The molecule has 9 nitrogen and oxygen atoms in total. The Bertz CT molecular complexity index is 1270. The van der Waals surface area contributed by atoms with Gasteiger partial charge < -0.3 is 40.3 Å². The summed E-state index contributed by atoms with van der Waals surface area (Å²) in [6.45, 7) is 3.81. The van der Waals surface area contributed by atoms with Crippen LogP contribution in [0.25, 0.3) is 0 Å². The fraction of sp³-hybridized carbons (Fsp3) is 0.894. The van der Waals surface area contributed by atoms with E-state index in [1.807, 2.05) is 6.08 Å². The lowest BCUT2D eigenvalue weighted by Crippen LogP contribution is -2.60. The number of aliphatic hydroxyl groups excluding tert-OH is 5. The summed E-state index contributed by atoms with van der Waals surface area (Å²) in [5.74, 6) is -0.171. The van der Waals surface area contributed by atoms with Crippen LogP contribution in [0.3, 0.4) is 0 Å². The Morgan fingerprint density at radius 3 is 1.15 bits per heavy atom. The van der Waals surface area contributed by atoms with Crippen molar-refractivity contribution in [3.8, 4) is 0 Å². The average molecular weight is 1060 g/mol. The number of aliphatic hydroxyl groups is 5. The van der Waals surface area contributed by atoms with Crippen molar-refractivity contribution < 1.29 is 39.8 Å². The maximum absolute atomic E-state index is 13.1. The third-order valence-corrected chi connectivity index (χ3v) is 15.7. The summed E-state index contributed by atoms with van der Waals surface area (Å²) in [5.41, 5.74) is 0. The first-order chi connectivity index (χ1) is 36.8. The van der Waals surface area contributed by atoms with Crippen molar-refractivity contribution >= 4 is 5.91 Å². The Kier molecular flexibility index (Phi) is 53.1.